The van der Waals surface area contributed by atoms with E-state index in [2.05, 4.69) is 10.2 Å². The molecule has 2 aromatic rings. The first kappa shape index (κ1) is 15.7. The lowest BCUT2D eigenvalue weighted by Gasteiger charge is -2.32. The first-order chi connectivity index (χ1) is 12.1. The monoisotopic (exact) mass is 340 g/mol. The molecular formula is C18H20N4O3. The molecule has 130 valence electrons. The number of carbonyl (C=O) groups excluding carboxylic acids is 2. The van der Waals surface area contributed by atoms with Crippen molar-refractivity contribution < 1.29 is 14.3 Å². The quantitative estimate of drug-likeness (QED) is 0.904. The lowest BCUT2D eigenvalue weighted by molar-refractivity contribution is -0.120. The van der Waals surface area contributed by atoms with Gasteiger partial charge >= 0.3 is 0 Å². The number of aromatic nitrogens is 2. The fraction of sp³-hybridized carbons (Fsp3) is 0.389. The summed E-state index contributed by atoms with van der Waals surface area (Å²) >= 11 is 0. The Labute approximate surface area is 145 Å². The highest BCUT2D eigenvalue weighted by Crippen LogP contribution is 2.33. The number of hydrogen-bond donors (Lipinski definition) is 1. The van der Waals surface area contributed by atoms with Gasteiger partial charge in [-0.1, -0.05) is 0 Å². The highest BCUT2D eigenvalue weighted by Gasteiger charge is 2.27. The largest absolute Gasteiger partial charge is 0.482 e. The van der Waals surface area contributed by atoms with E-state index in [1.807, 2.05) is 11.0 Å². The smallest absolute Gasteiger partial charge is 0.264 e. The zero-order valence-corrected chi connectivity index (χ0v) is 14.1. The number of H-pyrrole nitrogens is 1. The minimum atomic E-state index is -0.113. The Bertz CT molecular complexity index is 795. The van der Waals surface area contributed by atoms with Gasteiger partial charge in [-0.15, -0.1) is 0 Å². The number of benzene rings is 1. The Morgan fingerprint density at radius 1 is 1.28 bits per heavy atom. The molecule has 25 heavy (non-hydrogen) atoms. The number of carbonyl (C=O) groups is 2. The minimum absolute atomic E-state index is 0.00252. The maximum Gasteiger partial charge on any atom is 0.264 e. The third-order valence-corrected chi connectivity index (χ3v) is 5.04. The van der Waals surface area contributed by atoms with Crippen molar-refractivity contribution in [2.45, 2.75) is 18.8 Å². The second kappa shape index (κ2) is 6.23. The summed E-state index contributed by atoms with van der Waals surface area (Å²) in [7, 11) is 1.70. The number of nitrogens with one attached hydrogen (secondary N) is 1. The second-order valence-electron chi connectivity index (χ2n) is 6.50. The van der Waals surface area contributed by atoms with Crippen LogP contribution in [0.2, 0.25) is 0 Å². The Morgan fingerprint density at radius 2 is 2.08 bits per heavy atom. The molecule has 1 saturated heterocycles. The number of rotatable bonds is 2. The molecule has 1 N–H and O–H groups in total. The first-order valence-electron chi connectivity index (χ1n) is 8.45. The molecule has 4 rings (SSSR count). The molecule has 7 heteroatoms. The summed E-state index contributed by atoms with van der Waals surface area (Å²) < 4.78 is 5.42. The van der Waals surface area contributed by atoms with Crippen LogP contribution in [0.5, 0.6) is 5.75 Å². The molecule has 0 bridgehead atoms. The van der Waals surface area contributed by atoms with Crippen molar-refractivity contribution in [2.24, 2.45) is 0 Å². The lowest BCUT2D eigenvalue weighted by Crippen LogP contribution is -2.38. The van der Waals surface area contributed by atoms with Gasteiger partial charge in [-0.3, -0.25) is 14.7 Å². The number of anilines is 1. The summed E-state index contributed by atoms with van der Waals surface area (Å²) in [5.74, 6) is 0.943. The molecule has 0 radical (unpaired) electrons. The Morgan fingerprint density at radius 3 is 2.80 bits per heavy atom. The van der Waals surface area contributed by atoms with E-state index in [-0.39, 0.29) is 18.4 Å². The van der Waals surface area contributed by atoms with Crippen LogP contribution >= 0.6 is 0 Å². The van der Waals surface area contributed by atoms with Gasteiger partial charge in [0.1, 0.15) is 5.75 Å². The molecule has 3 heterocycles. The van der Waals surface area contributed by atoms with Crippen LogP contribution in [0, 0.1) is 0 Å². The van der Waals surface area contributed by atoms with Gasteiger partial charge in [-0.05, 0) is 37.1 Å². The fourth-order valence-electron chi connectivity index (χ4n) is 3.48. The van der Waals surface area contributed by atoms with Crippen LogP contribution < -0.4 is 9.64 Å². The third-order valence-electron chi connectivity index (χ3n) is 5.04. The van der Waals surface area contributed by atoms with Crippen molar-refractivity contribution >= 4 is 17.5 Å². The molecule has 0 saturated carbocycles. The number of ether oxygens (including phenoxy) is 1. The van der Waals surface area contributed by atoms with E-state index in [1.54, 1.807) is 36.3 Å². The van der Waals surface area contributed by atoms with Gasteiger partial charge in [-0.25, -0.2) is 0 Å². The van der Waals surface area contributed by atoms with E-state index in [9.17, 15) is 9.59 Å². The van der Waals surface area contributed by atoms with E-state index in [1.165, 1.54) is 0 Å². The van der Waals surface area contributed by atoms with Crippen LogP contribution in [-0.2, 0) is 4.79 Å². The van der Waals surface area contributed by atoms with E-state index < -0.39 is 0 Å². The highest BCUT2D eigenvalue weighted by atomic mass is 16.5. The van der Waals surface area contributed by atoms with Crippen molar-refractivity contribution in [3.63, 3.8) is 0 Å². The minimum Gasteiger partial charge on any atom is -0.482 e. The summed E-state index contributed by atoms with van der Waals surface area (Å²) in [6.45, 7) is 1.47. The zero-order chi connectivity index (χ0) is 17.4. The summed E-state index contributed by atoms with van der Waals surface area (Å²) in [6, 6.07) is 7.28. The number of nitrogens with zero attached hydrogens (tertiary/aromatic N) is 3. The van der Waals surface area contributed by atoms with Crippen LogP contribution in [0.25, 0.3) is 0 Å². The molecule has 2 aliphatic heterocycles. The van der Waals surface area contributed by atoms with Crippen molar-refractivity contribution in [3.8, 4) is 5.75 Å². The molecule has 1 aromatic carbocycles. The number of amides is 2. The molecule has 2 aliphatic rings. The Balaban J connectivity index is 1.48. The van der Waals surface area contributed by atoms with Crippen molar-refractivity contribution in [1.82, 2.24) is 15.1 Å². The maximum absolute atomic E-state index is 12.8. The number of likely N-dealkylation sites (tertiary alicyclic amines) is 1. The first-order valence-corrected chi connectivity index (χ1v) is 8.45. The summed E-state index contributed by atoms with van der Waals surface area (Å²) in [5, 5.41) is 7.02. The van der Waals surface area contributed by atoms with Crippen LogP contribution in [-0.4, -0.2) is 53.7 Å². The highest BCUT2D eigenvalue weighted by molar-refractivity contribution is 6.01. The molecule has 7 nitrogen and oxygen atoms in total. The van der Waals surface area contributed by atoms with Gasteiger partial charge in [0, 0.05) is 43.5 Å². The van der Waals surface area contributed by atoms with Crippen LogP contribution in [0.1, 0.15) is 34.8 Å². The third kappa shape index (κ3) is 2.86. The molecule has 0 spiro atoms. The maximum atomic E-state index is 12.8. The van der Waals surface area contributed by atoms with Crippen molar-refractivity contribution in [1.29, 1.82) is 0 Å². The molecule has 0 atom stereocenters. The van der Waals surface area contributed by atoms with Gasteiger partial charge in [0.25, 0.3) is 11.8 Å². The second-order valence-corrected chi connectivity index (χ2v) is 6.50. The predicted molar refractivity (Wildman–Crippen MR) is 91.8 cm³/mol. The van der Waals surface area contributed by atoms with Crippen LogP contribution in [0.3, 0.4) is 0 Å². The Kier molecular flexibility index (Phi) is 3.91. The topological polar surface area (TPSA) is 78.5 Å². The number of piperidine rings is 1. The van der Waals surface area contributed by atoms with Crippen molar-refractivity contribution in [3.05, 3.63) is 41.7 Å². The molecule has 1 fully saturated rings. The SMILES string of the molecule is CN1C(=O)COc2ccc(C(=O)N3CCC(c4ccn[nH]4)CC3)cc21. The average molecular weight is 340 g/mol. The lowest BCUT2D eigenvalue weighted by atomic mass is 9.93. The number of aromatic amines is 1. The van der Waals surface area contributed by atoms with Crippen LogP contribution in [0.15, 0.2) is 30.5 Å². The number of fused-ring (bicyclic) bond motifs is 1. The number of hydrogen-bond acceptors (Lipinski definition) is 4. The van der Waals surface area contributed by atoms with Gasteiger partial charge in [0.2, 0.25) is 0 Å². The van der Waals surface area contributed by atoms with E-state index in [0.29, 0.717) is 36.0 Å². The van der Waals surface area contributed by atoms with E-state index >= 15 is 0 Å². The zero-order valence-electron chi connectivity index (χ0n) is 14.1. The van der Waals surface area contributed by atoms with Gasteiger partial charge in [0.15, 0.2) is 6.61 Å². The molecule has 1 aromatic heterocycles. The van der Waals surface area contributed by atoms with E-state index in [4.69, 9.17) is 4.74 Å². The normalized spacial score (nSPS) is 18.0. The predicted octanol–water partition coefficient (Wildman–Crippen LogP) is 1.78. The van der Waals surface area contributed by atoms with E-state index in [0.717, 1.165) is 18.5 Å². The van der Waals surface area contributed by atoms with Gasteiger partial charge in [0.05, 0.1) is 5.69 Å². The van der Waals surface area contributed by atoms with Crippen LogP contribution in [0.4, 0.5) is 5.69 Å². The molecule has 2 amide bonds. The molecular weight excluding hydrogens is 320 g/mol. The molecule has 0 unspecified atom stereocenters. The fourth-order valence-corrected chi connectivity index (χ4v) is 3.48. The van der Waals surface area contributed by atoms with Gasteiger partial charge in [-0.2, -0.15) is 5.10 Å². The Hall–Kier alpha value is -2.83. The average Bonchev–Trinajstić information content (AvgIpc) is 3.19. The summed E-state index contributed by atoms with van der Waals surface area (Å²) in [5.41, 5.74) is 2.37. The van der Waals surface area contributed by atoms with Crippen molar-refractivity contribution in [2.75, 3.05) is 31.6 Å². The number of likely N-dealkylation sites (N-methyl/N-ethyl adjacent to an activating group) is 1. The standard InChI is InChI=1S/C18H20N4O3/c1-21-15-10-13(2-3-16(15)25-11-17(21)23)18(24)22-8-5-12(6-9-22)14-4-7-19-20-14/h2-4,7,10,12H,5-6,8-9,11H2,1H3,(H,19,20). The molecule has 0 aliphatic carbocycles. The summed E-state index contributed by atoms with van der Waals surface area (Å²) in [4.78, 5) is 28.0. The van der Waals surface area contributed by atoms with Gasteiger partial charge < -0.3 is 14.5 Å². The summed E-state index contributed by atoms with van der Waals surface area (Å²) in [6.07, 6.45) is 3.60.